The minimum absolute atomic E-state index is 0.328. The third-order valence-corrected chi connectivity index (χ3v) is 10.0. The van der Waals surface area contributed by atoms with E-state index in [1.165, 1.54) is 10.6 Å². The van der Waals surface area contributed by atoms with Gasteiger partial charge in [-0.3, -0.25) is 9.69 Å². The number of aromatic nitrogens is 2. The van der Waals surface area contributed by atoms with Crippen LogP contribution in [0.2, 0.25) is 10.0 Å². The van der Waals surface area contributed by atoms with Crippen LogP contribution in [0.15, 0.2) is 52.9 Å². The highest BCUT2D eigenvalue weighted by Gasteiger charge is 2.28. The topological polar surface area (TPSA) is 91.5 Å². The summed E-state index contributed by atoms with van der Waals surface area (Å²) in [5.74, 6) is -0.671. The monoisotopic (exact) mass is 618 g/mol. The fourth-order valence-electron chi connectivity index (χ4n) is 5.99. The number of carboxylic acids is 1. The smallest absolute Gasteiger partial charge is 0.307 e. The number of oxazole rings is 1. The number of rotatable bonds is 6. The van der Waals surface area contributed by atoms with Crippen molar-refractivity contribution >= 4 is 51.6 Å². The van der Waals surface area contributed by atoms with Gasteiger partial charge in [-0.15, -0.1) is 11.3 Å². The number of halogens is 2. The van der Waals surface area contributed by atoms with Gasteiger partial charge in [0.15, 0.2) is 5.58 Å². The summed E-state index contributed by atoms with van der Waals surface area (Å²) >= 11 is 15.5. The Balaban J connectivity index is 1.21. The maximum atomic E-state index is 11.4. The van der Waals surface area contributed by atoms with Gasteiger partial charge in [0.25, 0.3) is 0 Å². The lowest BCUT2D eigenvalue weighted by molar-refractivity contribution is -0.141. The molecule has 3 aromatic carbocycles. The zero-order chi connectivity index (χ0) is 29.0. The third-order valence-electron chi connectivity index (χ3n) is 8.22. The predicted molar refractivity (Wildman–Crippen MR) is 167 cm³/mol. The van der Waals surface area contributed by atoms with E-state index >= 15 is 0 Å². The molecule has 0 aliphatic carbocycles. The number of carboxylic acid groups (broad SMARTS) is 1. The average molecular weight is 620 g/mol. The van der Waals surface area contributed by atoms with E-state index < -0.39 is 5.97 Å². The van der Waals surface area contributed by atoms with Crippen molar-refractivity contribution in [3.8, 4) is 33.2 Å². The van der Waals surface area contributed by atoms with Gasteiger partial charge >= 0.3 is 5.97 Å². The molecule has 0 spiro atoms. The first-order chi connectivity index (χ1) is 20.4. The van der Waals surface area contributed by atoms with E-state index in [-0.39, 0.29) is 5.92 Å². The molecule has 42 heavy (non-hydrogen) atoms. The van der Waals surface area contributed by atoms with Crippen molar-refractivity contribution in [1.29, 1.82) is 0 Å². The number of carbonyl (C=O) groups is 1. The van der Waals surface area contributed by atoms with E-state index in [1.54, 1.807) is 11.3 Å². The highest BCUT2D eigenvalue weighted by molar-refractivity contribution is 7.15. The van der Waals surface area contributed by atoms with Crippen molar-refractivity contribution in [3.63, 3.8) is 0 Å². The van der Waals surface area contributed by atoms with Crippen LogP contribution in [0.25, 0.3) is 44.3 Å². The van der Waals surface area contributed by atoms with Crippen LogP contribution in [0.5, 0.6) is 0 Å². The van der Waals surface area contributed by atoms with Crippen molar-refractivity contribution < 1.29 is 14.3 Å². The van der Waals surface area contributed by atoms with Gasteiger partial charge in [-0.1, -0.05) is 53.5 Å². The first kappa shape index (κ1) is 27.6. The van der Waals surface area contributed by atoms with Crippen LogP contribution in [-0.2, 0) is 24.3 Å². The standard InChI is InChI=1S/C32H28Cl2N4O3S/c1-17-20(4-2-5-21(17)31-37-25-8-10-35-14-27(25)42-31)22-6-3-7-23(28(22)34)30-36-26-13-18(12-24(33)29(26)41-30)15-38-11-9-19(16-38)32(39)40/h2-7,12-13,19,35H,8-11,14-16H2,1H3,(H,39,40)/t19-/m1/s1. The molecule has 2 aliphatic heterocycles. The number of hydrogen-bond acceptors (Lipinski definition) is 7. The second-order valence-corrected chi connectivity index (χ2v) is 12.8. The summed E-state index contributed by atoms with van der Waals surface area (Å²) in [4.78, 5) is 24.5. The molecule has 1 fully saturated rings. The molecule has 10 heteroatoms. The molecule has 0 bridgehead atoms. The number of fused-ring (bicyclic) bond motifs is 2. The zero-order valence-corrected chi connectivity index (χ0v) is 25.2. The number of likely N-dealkylation sites (tertiary alicyclic amines) is 1. The van der Waals surface area contributed by atoms with Crippen LogP contribution < -0.4 is 5.32 Å². The van der Waals surface area contributed by atoms with Gasteiger partial charge < -0.3 is 14.8 Å². The second kappa shape index (κ2) is 11.1. The van der Waals surface area contributed by atoms with E-state index in [1.807, 2.05) is 30.3 Å². The van der Waals surface area contributed by atoms with Crippen molar-refractivity contribution in [2.75, 3.05) is 19.6 Å². The molecule has 2 aromatic heterocycles. The fraction of sp³-hybridized carbons (Fsp3) is 0.281. The number of hydrogen-bond donors (Lipinski definition) is 2. The molecule has 7 nitrogen and oxygen atoms in total. The molecule has 1 atom stereocenters. The lowest BCUT2D eigenvalue weighted by Gasteiger charge is -2.15. The van der Waals surface area contributed by atoms with Gasteiger partial charge in [0.2, 0.25) is 5.89 Å². The van der Waals surface area contributed by atoms with Gasteiger partial charge in [-0.05, 0) is 54.8 Å². The Labute approximate surface area is 257 Å². The van der Waals surface area contributed by atoms with Crippen LogP contribution in [-0.4, -0.2) is 45.6 Å². The van der Waals surface area contributed by atoms with Crippen molar-refractivity contribution in [2.45, 2.75) is 32.9 Å². The van der Waals surface area contributed by atoms with Crippen molar-refractivity contribution in [1.82, 2.24) is 20.2 Å². The maximum absolute atomic E-state index is 11.4. The summed E-state index contributed by atoms with van der Waals surface area (Å²) in [6, 6.07) is 16.0. The predicted octanol–water partition coefficient (Wildman–Crippen LogP) is 7.45. The Hall–Kier alpha value is -3.27. The lowest BCUT2D eigenvalue weighted by Crippen LogP contribution is -2.22. The average Bonchev–Trinajstić information content (AvgIpc) is 3.72. The molecule has 4 heterocycles. The molecule has 5 aromatic rings. The van der Waals surface area contributed by atoms with Gasteiger partial charge in [0, 0.05) is 48.6 Å². The number of aliphatic carboxylic acids is 1. The molecular weight excluding hydrogens is 591 g/mol. The molecule has 0 saturated carbocycles. The highest BCUT2D eigenvalue weighted by atomic mass is 35.5. The second-order valence-electron chi connectivity index (χ2n) is 11.0. The summed E-state index contributed by atoms with van der Waals surface area (Å²) in [6.07, 6.45) is 1.61. The van der Waals surface area contributed by atoms with Gasteiger partial charge in [-0.25, -0.2) is 9.97 Å². The van der Waals surface area contributed by atoms with Crippen LogP contribution in [0.1, 0.15) is 28.1 Å². The summed E-state index contributed by atoms with van der Waals surface area (Å²) in [5, 5.41) is 14.8. The Morgan fingerprint density at radius 2 is 1.90 bits per heavy atom. The van der Waals surface area contributed by atoms with E-state index in [2.05, 4.69) is 35.3 Å². The number of benzene rings is 3. The molecule has 0 amide bonds. The Kier molecular flexibility index (Phi) is 7.28. The van der Waals surface area contributed by atoms with Crippen LogP contribution in [0.3, 0.4) is 0 Å². The molecule has 214 valence electrons. The number of nitrogens with one attached hydrogen (secondary N) is 1. The summed E-state index contributed by atoms with van der Waals surface area (Å²) in [6.45, 7) is 5.82. The van der Waals surface area contributed by atoms with Gasteiger partial charge in [0.1, 0.15) is 10.5 Å². The molecule has 1 saturated heterocycles. The minimum Gasteiger partial charge on any atom is -0.481 e. The molecular formula is C32H28Cl2N4O3S. The first-order valence-corrected chi connectivity index (χ1v) is 15.6. The van der Waals surface area contributed by atoms with E-state index in [0.717, 1.165) is 58.9 Å². The molecule has 0 unspecified atom stereocenters. The van der Waals surface area contributed by atoms with Crippen LogP contribution >= 0.6 is 34.5 Å². The van der Waals surface area contributed by atoms with Gasteiger partial charge in [0.05, 0.1) is 27.2 Å². The van der Waals surface area contributed by atoms with E-state index in [0.29, 0.717) is 52.1 Å². The molecule has 7 rings (SSSR count). The van der Waals surface area contributed by atoms with E-state index in [4.69, 9.17) is 37.6 Å². The molecule has 2 N–H and O–H groups in total. The maximum Gasteiger partial charge on any atom is 0.307 e. The Morgan fingerprint density at radius 3 is 2.69 bits per heavy atom. The summed E-state index contributed by atoms with van der Waals surface area (Å²) in [7, 11) is 0. The third kappa shape index (κ3) is 5.01. The van der Waals surface area contributed by atoms with Gasteiger partial charge in [-0.2, -0.15) is 0 Å². The molecule has 0 radical (unpaired) electrons. The highest BCUT2D eigenvalue weighted by Crippen LogP contribution is 2.42. The van der Waals surface area contributed by atoms with Crippen molar-refractivity contribution in [3.05, 3.63) is 80.3 Å². The quantitative estimate of drug-likeness (QED) is 0.204. The largest absolute Gasteiger partial charge is 0.481 e. The Bertz CT molecular complexity index is 1830. The SMILES string of the molecule is Cc1c(-c2nc3c(s2)CNCC3)cccc1-c1cccc(-c2nc3cc(CN4CC[C@@H](C(=O)O)C4)cc(Cl)c3o2)c1Cl. The first-order valence-electron chi connectivity index (χ1n) is 14.0. The van der Waals surface area contributed by atoms with Crippen molar-refractivity contribution in [2.24, 2.45) is 5.92 Å². The number of thiazole rings is 1. The zero-order valence-electron chi connectivity index (χ0n) is 22.9. The molecule has 2 aliphatic rings. The Morgan fingerprint density at radius 1 is 1.12 bits per heavy atom. The number of nitrogens with zero attached hydrogens (tertiary/aromatic N) is 3. The van der Waals surface area contributed by atoms with Crippen LogP contribution in [0, 0.1) is 12.8 Å². The lowest BCUT2D eigenvalue weighted by atomic mass is 9.95. The summed E-state index contributed by atoms with van der Waals surface area (Å²) in [5.41, 5.74) is 8.15. The van der Waals surface area contributed by atoms with E-state index in [9.17, 15) is 9.90 Å². The minimum atomic E-state index is -0.743. The normalized spacial score (nSPS) is 17.2. The summed E-state index contributed by atoms with van der Waals surface area (Å²) < 4.78 is 6.17. The van der Waals surface area contributed by atoms with Crippen LogP contribution in [0.4, 0.5) is 0 Å². The fourth-order valence-corrected chi connectivity index (χ4v) is 7.74.